The first kappa shape index (κ1) is 33.9. The van der Waals surface area contributed by atoms with E-state index in [2.05, 4.69) is 24.5 Å². The molecule has 39 heavy (non-hydrogen) atoms. The third-order valence-electron chi connectivity index (χ3n) is 6.07. The molecule has 0 aromatic heterocycles. The van der Waals surface area contributed by atoms with Crippen LogP contribution in [-0.2, 0) is 23.9 Å². The molecule has 0 fully saturated rings. The monoisotopic (exact) mass is 547 g/mol. The number of benzene rings is 1. The van der Waals surface area contributed by atoms with Crippen molar-refractivity contribution in [2.24, 2.45) is 11.8 Å². The van der Waals surface area contributed by atoms with E-state index in [1.54, 1.807) is 44.7 Å². The number of carbonyl (C=O) groups is 4. The van der Waals surface area contributed by atoms with Gasteiger partial charge in [-0.1, -0.05) is 58.0 Å². The number of nitrogens with one attached hydrogen (secondary N) is 2. The lowest BCUT2D eigenvalue weighted by Gasteiger charge is -2.39. The largest absolute Gasteiger partial charge is 0.466 e. The van der Waals surface area contributed by atoms with Crippen molar-refractivity contribution in [3.8, 4) is 0 Å². The Morgan fingerprint density at radius 2 is 1.56 bits per heavy atom. The summed E-state index contributed by atoms with van der Waals surface area (Å²) in [4.78, 5) is 54.1. The molecule has 1 aromatic carbocycles. The van der Waals surface area contributed by atoms with Crippen LogP contribution in [0.2, 0.25) is 0 Å². The third kappa shape index (κ3) is 12.1. The molecular formula is C30H49N3O6. The van der Waals surface area contributed by atoms with Crippen LogP contribution in [0.1, 0.15) is 93.2 Å². The molecule has 0 aliphatic carbocycles. The minimum atomic E-state index is -0.968. The molecule has 0 heterocycles. The summed E-state index contributed by atoms with van der Waals surface area (Å²) in [5.41, 5.74) is -0.0970. The lowest BCUT2D eigenvalue weighted by molar-refractivity contribution is -0.146. The molecule has 9 heteroatoms. The van der Waals surface area contributed by atoms with Gasteiger partial charge in [-0.3, -0.25) is 14.4 Å². The van der Waals surface area contributed by atoms with Crippen molar-refractivity contribution in [1.29, 1.82) is 0 Å². The van der Waals surface area contributed by atoms with Crippen molar-refractivity contribution in [1.82, 2.24) is 15.5 Å². The highest BCUT2D eigenvalue weighted by Gasteiger charge is 2.39. The Morgan fingerprint density at radius 1 is 0.949 bits per heavy atom. The van der Waals surface area contributed by atoms with E-state index in [-0.39, 0.29) is 37.4 Å². The molecule has 9 nitrogen and oxygen atoms in total. The molecule has 0 bridgehead atoms. The molecule has 220 valence electrons. The van der Waals surface area contributed by atoms with Crippen molar-refractivity contribution in [3.05, 3.63) is 35.9 Å². The van der Waals surface area contributed by atoms with Gasteiger partial charge < -0.3 is 25.0 Å². The van der Waals surface area contributed by atoms with Crippen LogP contribution in [0, 0.1) is 11.8 Å². The molecule has 0 saturated heterocycles. The maximum Gasteiger partial charge on any atom is 0.408 e. The Morgan fingerprint density at radius 3 is 2.08 bits per heavy atom. The van der Waals surface area contributed by atoms with Gasteiger partial charge in [0, 0.05) is 12.6 Å². The molecule has 0 aliphatic heterocycles. The van der Waals surface area contributed by atoms with Crippen LogP contribution < -0.4 is 10.6 Å². The standard InChI is InChI=1S/C30H49N3O6/c1-10-38-24(34)18-19-31-27(35)26(23-14-12-11-13-15-23)33(22(6)17-16-20(2)3)28(36)25(21(4)5)32-29(37)39-30(7,8)9/h11-15,20-22,25-26H,10,16-19H2,1-9H3,(H,31,35)(H,32,37). The molecule has 1 rings (SSSR count). The number of ether oxygens (including phenoxy) is 2. The summed E-state index contributed by atoms with van der Waals surface area (Å²) in [6.45, 7) is 17.1. The van der Waals surface area contributed by atoms with E-state index >= 15 is 0 Å². The normalized spacial score (nSPS) is 13.8. The minimum Gasteiger partial charge on any atom is -0.466 e. The molecular weight excluding hydrogens is 498 g/mol. The van der Waals surface area contributed by atoms with Gasteiger partial charge in [0.1, 0.15) is 17.7 Å². The molecule has 0 aliphatic rings. The Kier molecular flexibility index (Phi) is 14.0. The summed E-state index contributed by atoms with van der Waals surface area (Å²) in [6.07, 6.45) is 0.842. The summed E-state index contributed by atoms with van der Waals surface area (Å²) in [7, 11) is 0. The topological polar surface area (TPSA) is 114 Å². The smallest absolute Gasteiger partial charge is 0.408 e. The van der Waals surface area contributed by atoms with Gasteiger partial charge in [0.2, 0.25) is 11.8 Å². The Bertz CT molecular complexity index is 926. The zero-order chi connectivity index (χ0) is 29.8. The van der Waals surface area contributed by atoms with E-state index < -0.39 is 35.7 Å². The SMILES string of the molecule is CCOC(=O)CCNC(=O)C(c1ccccc1)N(C(=O)C(NC(=O)OC(C)(C)C)C(C)C)C(C)CCC(C)C. The van der Waals surface area contributed by atoms with E-state index in [1.807, 2.05) is 39.0 Å². The number of esters is 1. The van der Waals surface area contributed by atoms with Gasteiger partial charge in [-0.2, -0.15) is 0 Å². The van der Waals surface area contributed by atoms with Gasteiger partial charge in [0.25, 0.3) is 0 Å². The quantitative estimate of drug-likeness (QED) is 0.317. The molecule has 0 radical (unpaired) electrons. The molecule has 3 unspecified atom stereocenters. The van der Waals surface area contributed by atoms with E-state index in [1.165, 1.54) is 0 Å². The number of hydrogen-bond acceptors (Lipinski definition) is 6. The minimum absolute atomic E-state index is 0.0206. The summed E-state index contributed by atoms with van der Waals surface area (Å²) in [5, 5.41) is 5.57. The predicted octanol–water partition coefficient (Wildman–Crippen LogP) is 5.00. The van der Waals surface area contributed by atoms with Crippen molar-refractivity contribution >= 4 is 23.9 Å². The van der Waals surface area contributed by atoms with Crippen LogP contribution >= 0.6 is 0 Å². The number of carbonyl (C=O) groups excluding carboxylic acids is 4. The maximum atomic E-state index is 14.3. The summed E-state index contributed by atoms with van der Waals surface area (Å²) < 4.78 is 10.4. The van der Waals surface area contributed by atoms with Gasteiger partial charge in [-0.05, 0) is 64.9 Å². The zero-order valence-corrected chi connectivity index (χ0v) is 25.2. The van der Waals surface area contributed by atoms with E-state index in [4.69, 9.17) is 9.47 Å². The van der Waals surface area contributed by atoms with Crippen molar-refractivity contribution in [2.45, 2.75) is 105 Å². The first-order valence-electron chi connectivity index (χ1n) is 14.0. The average molecular weight is 548 g/mol. The van der Waals surface area contributed by atoms with Gasteiger partial charge in [0.15, 0.2) is 0 Å². The molecule has 2 N–H and O–H groups in total. The Hall–Kier alpha value is -3.10. The van der Waals surface area contributed by atoms with Gasteiger partial charge in [-0.25, -0.2) is 4.79 Å². The van der Waals surface area contributed by atoms with Crippen LogP contribution in [0.15, 0.2) is 30.3 Å². The molecule has 0 spiro atoms. The van der Waals surface area contributed by atoms with Gasteiger partial charge in [-0.15, -0.1) is 0 Å². The van der Waals surface area contributed by atoms with Gasteiger partial charge in [0.05, 0.1) is 13.0 Å². The fraction of sp³-hybridized carbons (Fsp3) is 0.667. The van der Waals surface area contributed by atoms with Crippen molar-refractivity contribution < 1.29 is 28.7 Å². The van der Waals surface area contributed by atoms with E-state index in [0.717, 1.165) is 6.42 Å². The summed E-state index contributed by atoms with van der Waals surface area (Å²) in [5.74, 6) is -1.06. The second kappa shape index (κ2) is 16.1. The first-order chi connectivity index (χ1) is 18.2. The number of nitrogens with zero attached hydrogens (tertiary/aromatic N) is 1. The van der Waals surface area contributed by atoms with Crippen LogP contribution in [0.25, 0.3) is 0 Å². The van der Waals surface area contributed by atoms with Crippen LogP contribution in [0.5, 0.6) is 0 Å². The van der Waals surface area contributed by atoms with Crippen LogP contribution in [0.4, 0.5) is 4.79 Å². The summed E-state index contributed by atoms with van der Waals surface area (Å²) >= 11 is 0. The van der Waals surface area contributed by atoms with E-state index in [0.29, 0.717) is 17.9 Å². The number of hydrogen-bond donors (Lipinski definition) is 2. The van der Waals surface area contributed by atoms with Gasteiger partial charge >= 0.3 is 12.1 Å². The van der Waals surface area contributed by atoms with Crippen molar-refractivity contribution in [2.75, 3.05) is 13.2 Å². The van der Waals surface area contributed by atoms with Crippen LogP contribution in [-0.4, -0.2) is 59.6 Å². The molecule has 0 saturated carbocycles. The lowest BCUT2D eigenvalue weighted by atomic mass is 9.95. The first-order valence-corrected chi connectivity index (χ1v) is 14.0. The third-order valence-corrected chi connectivity index (χ3v) is 6.07. The second-order valence-electron chi connectivity index (χ2n) is 11.6. The highest BCUT2D eigenvalue weighted by atomic mass is 16.6. The number of alkyl carbamates (subject to hydrolysis) is 1. The predicted molar refractivity (Wildman–Crippen MR) is 152 cm³/mol. The molecule has 3 amide bonds. The zero-order valence-electron chi connectivity index (χ0n) is 25.2. The van der Waals surface area contributed by atoms with Crippen molar-refractivity contribution in [3.63, 3.8) is 0 Å². The summed E-state index contributed by atoms with van der Waals surface area (Å²) in [6, 6.07) is 6.87. The molecule has 1 aromatic rings. The number of rotatable bonds is 14. The van der Waals surface area contributed by atoms with Crippen LogP contribution in [0.3, 0.4) is 0 Å². The maximum absolute atomic E-state index is 14.3. The number of amides is 3. The molecule has 3 atom stereocenters. The second-order valence-corrected chi connectivity index (χ2v) is 11.6. The average Bonchev–Trinajstić information content (AvgIpc) is 2.83. The fourth-order valence-electron chi connectivity index (χ4n) is 4.11. The highest BCUT2D eigenvalue weighted by Crippen LogP contribution is 2.28. The lowest BCUT2D eigenvalue weighted by Crippen LogP contribution is -2.57. The Labute approximate surface area is 234 Å². The highest BCUT2D eigenvalue weighted by molar-refractivity contribution is 5.92. The van der Waals surface area contributed by atoms with E-state index in [9.17, 15) is 19.2 Å². The fourth-order valence-corrected chi connectivity index (χ4v) is 4.11. The Balaban J connectivity index is 3.46.